The predicted octanol–water partition coefficient (Wildman–Crippen LogP) is 9.11. The number of Topliss-reactive ketones (excluding diaryl/α,β-unsaturated/α-hetero) is 1. The van der Waals surface area contributed by atoms with Gasteiger partial charge in [-0.1, -0.05) is 99.2 Å². The van der Waals surface area contributed by atoms with Gasteiger partial charge in [-0.3, -0.25) is 9.78 Å². The standard InChI is InChI=1S/C9H12F2NP.C9H16O.C9H12.C2H6/c1-2-3-7-4-5-12-8(6-7)9(10,11)13;1-7(2)5-8(3)6-9(4)10;1-3-9-6-4-8(2)5-7-9;1-2/h4-6H,2-3,13H2,1H3;7H,3,5-6H2,1-2,4H3;4-7H,3H2,1-2H3;1-2H3. The summed E-state index contributed by atoms with van der Waals surface area (Å²) >= 11 is 0. The number of allylic oxidation sites excluding steroid dienone is 1. The summed E-state index contributed by atoms with van der Waals surface area (Å²) in [6, 6.07) is 11.9. The summed E-state index contributed by atoms with van der Waals surface area (Å²) in [6.07, 6.45) is 5.86. The van der Waals surface area contributed by atoms with Crippen LogP contribution in [-0.2, 0) is 23.3 Å². The number of carbonyl (C=O) groups is 1. The van der Waals surface area contributed by atoms with Gasteiger partial charge in [-0.05, 0) is 62.3 Å². The molecule has 0 aliphatic rings. The average molecular weight is 494 g/mol. The molecule has 0 aliphatic carbocycles. The molecular weight excluding hydrogens is 447 g/mol. The molecule has 2 nitrogen and oxygen atoms in total. The molecule has 1 heterocycles. The molecule has 5 heteroatoms. The second kappa shape index (κ2) is 19.4. The summed E-state index contributed by atoms with van der Waals surface area (Å²) in [4.78, 5) is 14.2. The molecule has 0 aliphatic heterocycles. The Labute approximate surface area is 209 Å². The quantitative estimate of drug-likeness (QED) is 0.271. The summed E-state index contributed by atoms with van der Waals surface area (Å²) in [5.41, 5.74) is 1.64. The average Bonchev–Trinajstić information content (AvgIpc) is 2.75. The molecule has 1 atom stereocenters. The third-order valence-corrected chi connectivity index (χ3v) is 4.73. The Morgan fingerprint density at radius 3 is 2.06 bits per heavy atom. The Morgan fingerprint density at radius 2 is 1.65 bits per heavy atom. The number of halogens is 2. The minimum atomic E-state index is -2.91. The molecule has 0 fully saturated rings. The molecule has 0 saturated carbocycles. The Hall–Kier alpha value is -1.93. The van der Waals surface area contributed by atoms with Gasteiger partial charge >= 0.3 is 0 Å². The van der Waals surface area contributed by atoms with Crippen LogP contribution in [0.15, 0.2) is 54.7 Å². The lowest BCUT2D eigenvalue weighted by Gasteiger charge is -2.09. The molecule has 0 saturated heterocycles. The minimum absolute atomic E-state index is 0.177. The van der Waals surface area contributed by atoms with Crippen molar-refractivity contribution in [3.63, 3.8) is 0 Å². The third-order valence-electron chi connectivity index (χ3n) is 4.43. The number of aromatic nitrogens is 1. The van der Waals surface area contributed by atoms with Gasteiger partial charge in [-0.25, -0.2) is 0 Å². The van der Waals surface area contributed by atoms with Crippen LogP contribution in [0.5, 0.6) is 0 Å². The molecule has 2 rings (SSSR count). The number of hydrogen-bond donors (Lipinski definition) is 0. The van der Waals surface area contributed by atoms with Crippen LogP contribution in [-0.4, -0.2) is 10.8 Å². The lowest BCUT2D eigenvalue weighted by molar-refractivity contribution is -0.116. The maximum Gasteiger partial charge on any atom is 0.300 e. The van der Waals surface area contributed by atoms with E-state index in [0.29, 0.717) is 12.3 Å². The van der Waals surface area contributed by atoms with Gasteiger partial charge in [0.2, 0.25) is 0 Å². The van der Waals surface area contributed by atoms with Crippen molar-refractivity contribution >= 4 is 15.0 Å². The Morgan fingerprint density at radius 1 is 1.09 bits per heavy atom. The van der Waals surface area contributed by atoms with Gasteiger partial charge in [-0.15, -0.1) is 0 Å². The van der Waals surface area contributed by atoms with Crippen molar-refractivity contribution in [1.82, 2.24) is 4.98 Å². The molecule has 0 radical (unpaired) electrons. The van der Waals surface area contributed by atoms with E-state index < -0.39 is 5.66 Å². The second-order valence-corrected chi connectivity index (χ2v) is 9.21. The molecule has 0 amide bonds. The van der Waals surface area contributed by atoms with Crippen LogP contribution in [0.25, 0.3) is 0 Å². The number of ketones is 1. The van der Waals surface area contributed by atoms with E-state index in [9.17, 15) is 13.6 Å². The van der Waals surface area contributed by atoms with E-state index in [1.165, 1.54) is 32.6 Å². The predicted molar refractivity (Wildman–Crippen MR) is 148 cm³/mol. The smallest absolute Gasteiger partial charge is 0.300 e. The number of pyridine rings is 1. The van der Waals surface area contributed by atoms with E-state index in [-0.39, 0.29) is 11.5 Å². The van der Waals surface area contributed by atoms with Gasteiger partial charge in [0.25, 0.3) is 5.66 Å². The summed E-state index contributed by atoms with van der Waals surface area (Å²) in [5, 5.41) is 0. The SMILES string of the molecule is C=C(CC(C)=O)CC(C)C.CC.CCCc1ccnc(C(F)(F)P)c1.CCc1ccc(C)cc1. The zero-order valence-electron chi connectivity index (χ0n) is 22.6. The topological polar surface area (TPSA) is 30.0 Å². The van der Waals surface area contributed by atoms with Gasteiger partial charge in [0.05, 0.1) is 0 Å². The number of aryl methyl sites for hydroxylation is 3. The Kier molecular flexibility index (Phi) is 19.5. The zero-order valence-corrected chi connectivity index (χ0v) is 23.7. The highest BCUT2D eigenvalue weighted by molar-refractivity contribution is 7.17. The first-order valence-corrected chi connectivity index (χ1v) is 12.8. The molecule has 34 heavy (non-hydrogen) atoms. The number of hydrogen-bond acceptors (Lipinski definition) is 2. The molecule has 1 aromatic heterocycles. The van der Waals surface area contributed by atoms with E-state index in [1.54, 1.807) is 13.0 Å². The van der Waals surface area contributed by atoms with Crippen molar-refractivity contribution in [3.8, 4) is 0 Å². The van der Waals surface area contributed by atoms with Crippen molar-refractivity contribution in [3.05, 3.63) is 77.1 Å². The molecule has 1 unspecified atom stereocenters. The number of nitrogens with zero attached hydrogens (tertiary/aromatic N) is 1. The normalized spacial score (nSPS) is 10.1. The number of benzene rings is 1. The highest BCUT2D eigenvalue weighted by Crippen LogP contribution is 2.33. The van der Waals surface area contributed by atoms with Gasteiger partial charge in [0.15, 0.2) is 0 Å². The minimum Gasteiger partial charge on any atom is -0.300 e. The van der Waals surface area contributed by atoms with Crippen LogP contribution < -0.4 is 0 Å². The monoisotopic (exact) mass is 493 g/mol. The van der Waals surface area contributed by atoms with Crippen LogP contribution in [0.4, 0.5) is 8.78 Å². The van der Waals surface area contributed by atoms with Crippen molar-refractivity contribution in [2.75, 3.05) is 0 Å². The summed E-state index contributed by atoms with van der Waals surface area (Å²) in [5.74, 6) is 0.831. The van der Waals surface area contributed by atoms with Gasteiger partial charge in [0, 0.05) is 12.6 Å². The number of rotatable bonds is 8. The number of carbonyl (C=O) groups excluding carboxylic acids is 1. The highest BCUT2D eigenvalue weighted by Gasteiger charge is 2.26. The molecule has 192 valence electrons. The molecule has 0 bridgehead atoms. The molecule has 2 aromatic rings. The summed E-state index contributed by atoms with van der Waals surface area (Å²) < 4.78 is 25.6. The van der Waals surface area contributed by atoms with Crippen LogP contribution in [0.2, 0.25) is 0 Å². The van der Waals surface area contributed by atoms with Crippen molar-refractivity contribution < 1.29 is 13.6 Å². The zero-order chi connectivity index (χ0) is 26.7. The first kappa shape index (κ1) is 34.2. The maximum atomic E-state index is 12.8. The molecular formula is C29H46F2NOP. The summed E-state index contributed by atoms with van der Waals surface area (Å²) in [6.45, 7) is 20.0. The van der Waals surface area contributed by atoms with Gasteiger partial charge < -0.3 is 0 Å². The second-order valence-electron chi connectivity index (χ2n) is 8.49. The maximum absolute atomic E-state index is 12.8. The fourth-order valence-corrected chi connectivity index (χ4v) is 3.08. The van der Waals surface area contributed by atoms with E-state index >= 15 is 0 Å². The van der Waals surface area contributed by atoms with Crippen molar-refractivity contribution in [2.45, 2.75) is 93.2 Å². The fraction of sp³-hybridized carbons (Fsp3) is 0.517. The Bertz CT molecular complexity index is 812. The van der Waals surface area contributed by atoms with Crippen LogP contribution in [0.3, 0.4) is 0 Å². The van der Waals surface area contributed by atoms with E-state index in [4.69, 9.17) is 0 Å². The van der Waals surface area contributed by atoms with Crippen molar-refractivity contribution in [1.29, 1.82) is 0 Å². The third kappa shape index (κ3) is 18.5. The van der Waals surface area contributed by atoms with Gasteiger partial charge in [0.1, 0.15) is 11.5 Å². The van der Waals surface area contributed by atoms with Crippen LogP contribution in [0.1, 0.15) is 90.1 Å². The largest absolute Gasteiger partial charge is 0.300 e. The lowest BCUT2D eigenvalue weighted by atomic mass is 10.0. The Balaban J connectivity index is 0. The highest BCUT2D eigenvalue weighted by atomic mass is 31.0. The van der Waals surface area contributed by atoms with Crippen molar-refractivity contribution in [2.24, 2.45) is 5.92 Å². The first-order valence-electron chi connectivity index (χ1n) is 12.2. The lowest BCUT2D eigenvalue weighted by Crippen LogP contribution is -2.05. The van der Waals surface area contributed by atoms with Crippen LogP contribution in [0, 0.1) is 12.8 Å². The molecule has 1 aromatic carbocycles. The van der Waals surface area contributed by atoms with E-state index in [0.717, 1.165) is 36.8 Å². The van der Waals surface area contributed by atoms with Gasteiger partial charge in [-0.2, -0.15) is 8.78 Å². The number of alkyl halides is 2. The van der Waals surface area contributed by atoms with Crippen LogP contribution >= 0.6 is 9.24 Å². The fourth-order valence-electron chi connectivity index (χ4n) is 2.93. The summed E-state index contributed by atoms with van der Waals surface area (Å²) in [7, 11) is 1.49. The van der Waals surface area contributed by atoms with E-state index in [2.05, 4.69) is 63.5 Å². The van der Waals surface area contributed by atoms with E-state index in [1.807, 2.05) is 20.8 Å². The molecule has 0 N–H and O–H groups in total. The first-order chi connectivity index (χ1) is 15.9. The molecule has 0 spiro atoms.